The molecule has 2 rings (SSSR count). The first-order valence-electron chi connectivity index (χ1n) is 6.13. The van der Waals surface area contributed by atoms with Crippen molar-refractivity contribution in [1.29, 1.82) is 0 Å². The number of benzene rings is 1. The monoisotopic (exact) mass is 255 g/mol. The second-order valence-electron chi connectivity index (χ2n) is 4.46. The lowest BCUT2D eigenvalue weighted by Crippen LogP contribution is -2.28. The van der Waals surface area contributed by atoms with Crippen molar-refractivity contribution in [3.8, 4) is 0 Å². The van der Waals surface area contributed by atoms with E-state index in [1.54, 1.807) is 0 Å². The Hall–Kier alpha value is -2.20. The van der Waals surface area contributed by atoms with E-state index in [0.29, 0.717) is 5.69 Å². The zero-order valence-electron chi connectivity index (χ0n) is 11.1. The maximum atomic E-state index is 12.1. The first kappa shape index (κ1) is 13.2. The molecule has 4 heteroatoms. The molecule has 0 saturated heterocycles. The molecule has 1 atom stereocenters. The minimum Gasteiger partial charge on any atom is -0.323 e. The molecule has 0 fully saturated rings. The molecular weight excluding hydrogens is 238 g/mol. The number of hydrogen-bond acceptors (Lipinski definition) is 3. The van der Waals surface area contributed by atoms with Gasteiger partial charge in [0.2, 0.25) is 5.91 Å². The zero-order chi connectivity index (χ0) is 13.8. The lowest BCUT2D eigenvalue weighted by atomic mass is 10.1. The first-order valence-corrected chi connectivity index (χ1v) is 6.13. The Morgan fingerprint density at radius 2 is 1.84 bits per heavy atom. The van der Waals surface area contributed by atoms with Crippen molar-refractivity contribution in [2.75, 3.05) is 5.32 Å². The standard InChI is InChI=1S/C15H17N3O/c1-10-8-9-13(11(2)17-10)18-15(19)14(16)12-6-4-3-5-7-12/h3-9,14H,16H2,1-2H3,(H,18,19). The van der Waals surface area contributed by atoms with E-state index in [-0.39, 0.29) is 5.91 Å². The van der Waals surface area contributed by atoms with E-state index < -0.39 is 6.04 Å². The van der Waals surface area contributed by atoms with Crippen molar-refractivity contribution in [1.82, 2.24) is 4.98 Å². The molecule has 0 aliphatic heterocycles. The molecule has 98 valence electrons. The maximum absolute atomic E-state index is 12.1. The number of amides is 1. The summed E-state index contributed by atoms with van der Waals surface area (Å²) >= 11 is 0. The summed E-state index contributed by atoms with van der Waals surface area (Å²) in [6, 6.07) is 12.3. The average Bonchev–Trinajstić information content (AvgIpc) is 2.42. The minimum atomic E-state index is -0.679. The lowest BCUT2D eigenvalue weighted by Gasteiger charge is -2.13. The Bertz CT molecular complexity index is 581. The normalized spacial score (nSPS) is 11.9. The molecule has 0 saturated carbocycles. The Morgan fingerprint density at radius 3 is 2.47 bits per heavy atom. The van der Waals surface area contributed by atoms with Gasteiger partial charge in [0.05, 0.1) is 11.4 Å². The molecule has 1 unspecified atom stereocenters. The van der Waals surface area contributed by atoms with Crippen LogP contribution in [-0.4, -0.2) is 10.9 Å². The van der Waals surface area contributed by atoms with Crippen LogP contribution in [0.4, 0.5) is 5.69 Å². The Balaban J connectivity index is 2.13. The summed E-state index contributed by atoms with van der Waals surface area (Å²) in [5, 5.41) is 2.81. The van der Waals surface area contributed by atoms with Gasteiger partial charge in [-0.1, -0.05) is 30.3 Å². The number of rotatable bonds is 3. The third-order valence-electron chi connectivity index (χ3n) is 2.92. The van der Waals surface area contributed by atoms with E-state index in [2.05, 4.69) is 10.3 Å². The fourth-order valence-corrected chi connectivity index (χ4v) is 1.84. The maximum Gasteiger partial charge on any atom is 0.245 e. The van der Waals surface area contributed by atoms with Crippen LogP contribution in [0.25, 0.3) is 0 Å². The lowest BCUT2D eigenvalue weighted by molar-refractivity contribution is -0.117. The van der Waals surface area contributed by atoms with E-state index in [1.807, 2.05) is 56.3 Å². The van der Waals surface area contributed by atoms with Crippen molar-refractivity contribution < 1.29 is 4.79 Å². The zero-order valence-corrected chi connectivity index (χ0v) is 11.1. The van der Waals surface area contributed by atoms with Gasteiger partial charge in [-0.2, -0.15) is 0 Å². The van der Waals surface area contributed by atoms with Crippen molar-refractivity contribution in [2.24, 2.45) is 5.73 Å². The largest absolute Gasteiger partial charge is 0.323 e. The van der Waals surface area contributed by atoms with Gasteiger partial charge in [-0.05, 0) is 31.5 Å². The van der Waals surface area contributed by atoms with Crippen LogP contribution in [0.5, 0.6) is 0 Å². The van der Waals surface area contributed by atoms with Gasteiger partial charge in [0, 0.05) is 5.69 Å². The molecule has 0 aliphatic carbocycles. The second-order valence-corrected chi connectivity index (χ2v) is 4.46. The number of anilines is 1. The van der Waals surface area contributed by atoms with E-state index >= 15 is 0 Å². The van der Waals surface area contributed by atoms with Crippen LogP contribution < -0.4 is 11.1 Å². The van der Waals surface area contributed by atoms with E-state index in [1.165, 1.54) is 0 Å². The third kappa shape index (κ3) is 3.17. The van der Waals surface area contributed by atoms with Crippen LogP contribution >= 0.6 is 0 Å². The van der Waals surface area contributed by atoms with Crippen LogP contribution in [0.1, 0.15) is 23.0 Å². The molecule has 4 nitrogen and oxygen atoms in total. The quantitative estimate of drug-likeness (QED) is 0.884. The molecular formula is C15H17N3O. The summed E-state index contributed by atoms with van der Waals surface area (Å²) in [6.45, 7) is 3.77. The highest BCUT2D eigenvalue weighted by Gasteiger charge is 2.16. The van der Waals surface area contributed by atoms with Crippen LogP contribution in [-0.2, 0) is 4.79 Å². The molecule has 19 heavy (non-hydrogen) atoms. The van der Waals surface area contributed by atoms with Gasteiger partial charge in [0.15, 0.2) is 0 Å². The second kappa shape index (κ2) is 5.63. The molecule has 1 amide bonds. The number of pyridine rings is 1. The van der Waals surface area contributed by atoms with E-state index in [9.17, 15) is 4.79 Å². The molecule has 1 aromatic heterocycles. The highest BCUT2D eigenvalue weighted by Crippen LogP contribution is 2.16. The van der Waals surface area contributed by atoms with Gasteiger partial charge >= 0.3 is 0 Å². The molecule has 3 N–H and O–H groups in total. The minimum absolute atomic E-state index is 0.236. The van der Waals surface area contributed by atoms with E-state index in [0.717, 1.165) is 17.0 Å². The Labute approximate surface area is 112 Å². The predicted molar refractivity (Wildman–Crippen MR) is 75.7 cm³/mol. The highest BCUT2D eigenvalue weighted by atomic mass is 16.2. The number of nitrogens with one attached hydrogen (secondary N) is 1. The number of nitrogens with two attached hydrogens (primary N) is 1. The van der Waals surface area contributed by atoms with Crippen molar-refractivity contribution in [3.05, 3.63) is 59.4 Å². The number of carbonyl (C=O) groups is 1. The predicted octanol–water partition coefficient (Wildman–Crippen LogP) is 2.34. The number of carbonyl (C=O) groups excluding carboxylic acids is 1. The fraction of sp³-hybridized carbons (Fsp3) is 0.200. The molecule has 1 heterocycles. The van der Waals surface area contributed by atoms with Gasteiger partial charge in [-0.15, -0.1) is 0 Å². The highest BCUT2D eigenvalue weighted by molar-refractivity contribution is 5.95. The summed E-state index contributed by atoms with van der Waals surface area (Å²) in [4.78, 5) is 16.4. The van der Waals surface area contributed by atoms with Crippen LogP contribution in [0.2, 0.25) is 0 Å². The van der Waals surface area contributed by atoms with Gasteiger partial charge in [-0.3, -0.25) is 9.78 Å². The summed E-state index contributed by atoms with van der Waals surface area (Å²) < 4.78 is 0. The molecule has 1 aromatic carbocycles. The summed E-state index contributed by atoms with van der Waals surface area (Å²) in [5.41, 5.74) is 9.12. The first-order chi connectivity index (χ1) is 9.08. The Morgan fingerprint density at radius 1 is 1.16 bits per heavy atom. The van der Waals surface area contributed by atoms with Crippen molar-refractivity contribution in [2.45, 2.75) is 19.9 Å². The number of aryl methyl sites for hydroxylation is 2. The van der Waals surface area contributed by atoms with Crippen LogP contribution in [0.15, 0.2) is 42.5 Å². The summed E-state index contributed by atoms with van der Waals surface area (Å²) in [6.07, 6.45) is 0. The molecule has 0 bridgehead atoms. The van der Waals surface area contributed by atoms with Gasteiger partial charge in [-0.25, -0.2) is 0 Å². The molecule has 0 spiro atoms. The Kier molecular flexibility index (Phi) is 3.92. The van der Waals surface area contributed by atoms with Crippen molar-refractivity contribution >= 4 is 11.6 Å². The number of hydrogen-bond donors (Lipinski definition) is 2. The molecule has 0 radical (unpaired) electrons. The smallest absolute Gasteiger partial charge is 0.245 e. The van der Waals surface area contributed by atoms with Crippen LogP contribution in [0, 0.1) is 13.8 Å². The SMILES string of the molecule is Cc1ccc(NC(=O)C(N)c2ccccc2)c(C)n1. The van der Waals surface area contributed by atoms with Gasteiger partial charge in [0.1, 0.15) is 6.04 Å². The van der Waals surface area contributed by atoms with E-state index in [4.69, 9.17) is 5.73 Å². The summed E-state index contributed by atoms with van der Waals surface area (Å²) in [7, 11) is 0. The van der Waals surface area contributed by atoms with Gasteiger partial charge in [0.25, 0.3) is 0 Å². The van der Waals surface area contributed by atoms with Gasteiger partial charge < -0.3 is 11.1 Å². The van der Waals surface area contributed by atoms with Crippen molar-refractivity contribution in [3.63, 3.8) is 0 Å². The van der Waals surface area contributed by atoms with Crippen LogP contribution in [0.3, 0.4) is 0 Å². The summed E-state index contributed by atoms with van der Waals surface area (Å²) in [5.74, 6) is -0.236. The number of nitrogens with zero attached hydrogens (tertiary/aromatic N) is 1. The average molecular weight is 255 g/mol. The molecule has 0 aliphatic rings. The third-order valence-corrected chi connectivity index (χ3v) is 2.92. The fourth-order valence-electron chi connectivity index (χ4n) is 1.84. The molecule has 2 aromatic rings. The number of aromatic nitrogens is 1. The topological polar surface area (TPSA) is 68.0 Å².